The van der Waals surface area contributed by atoms with Gasteiger partial charge < -0.3 is 25.5 Å². The third kappa shape index (κ3) is 6.60. The number of thioether (sulfide) groups is 1. The van der Waals surface area contributed by atoms with Crippen LogP contribution in [0.15, 0.2) is 47.6 Å². The number of nitrogens with one attached hydrogen (secondary N) is 1. The summed E-state index contributed by atoms with van der Waals surface area (Å²) in [7, 11) is 0. The molecule has 0 bridgehead atoms. The molecule has 0 atom stereocenters. The molecule has 0 saturated carbocycles. The van der Waals surface area contributed by atoms with Crippen LogP contribution < -0.4 is 20.8 Å². The fourth-order valence-electron chi connectivity index (χ4n) is 3.57. The molecule has 2 aromatic carbocycles. The van der Waals surface area contributed by atoms with Gasteiger partial charge in [-0.15, -0.1) is 10.2 Å². The van der Waals surface area contributed by atoms with Crippen molar-refractivity contribution in [1.29, 1.82) is 0 Å². The molecule has 2 heterocycles. The van der Waals surface area contributed by atoms with Crippen molar-refractivity contribution in [2.75, 3.05) is 48.1 Å². The van der Waals surface area contributed by atoms with Crippen molar-refractivity contribution < 1.29 is 36.2 Å². The molecular formula is C22H21F5N6O3S. The molecule has 1 amide bonds. The molecule has 0 spiro atoms. The third-order valence-corrected chi connectivity index (χ3v) is 6.23. The molecule has 198 valence electrons. The second-order valence-electron chi connectivity index (χ2n) is 7.75. The van der Waals surface area contributed by atoms with Gasteiger partial charge in [0, 0.05) is 18.7 Å². The summed E-state index contributed by atoms with van der Waals surface area (Å²) >= 11 is 0.925. The van der Waals surface area contributed by atoms with Crippen molar-refractivity contribution in [2.24, 2.45) is 0 Å². The number of morpholine rings is 1. The average molecular weight is 545 g/mol. The van der Waals surface area contributed by atoms with E-state index in [0.29, 0.717) is 37.6 Å². The Labute approximate surface area is 211 Å². The highest BCUT2D eigenvalue weighted by Gasteiger charge is 2.32. The second-order valence-corrected chi connectivity index (χ2v) is 8.69. The standard InChI is InChI=1S/C22H21F5N6O3S/c23-20(24)36-15-4-1-13(2-5-15)19-30-31-21(33(19)28)37-12-18(34)29-16-11-14(22(25,26)27)3-6-17(16)32-7-9-35-10-8-32/h1-6,11,20H,7-10,12,28H2,(H,29,34). The van der Waals surface area contributed by atoms with Crippen LogP contribution in [0.3, 0.4) is 0 Å². The smallest absolute Gasteiger partial charge is 0.416 e. The minimum absolute atomic E-state index is 0.0309. The Bertz CT molecular complexity index is 1230. The molecule has 3 N–H and O–H groups in total. The van der Waals surface area contributed by atoms with Crippen LogP contribution in [0.4, 0.5) is 33.3 Å². The van der Waals surface area contributed by atoms with Crippen LogP contribution in [-0.4, -0.2) is 59.4 Å². The number of hydrogen-bond donors (Lipinski definition) is 2. The molecule has 15 heteroatoms. The van der Waals surface area contributed by atoms with Crippen LogP contribution in [0.2, 0.25) is 0 Å². The van der Waals surface area contributed by atoms with Crippen LogP contribution >= 0.6 is 11.8 Å². The summed E-state index contributed by atoms with van der Waals surface area (Å²) in [5.74, 6) is 5.41. The summed E-state index contributed by atoms with van der Waals surface area (Å²) in [6.07, 6.45) is -4.58. The van der Waals surface area contributed by atoms with Crippen molar-refractivity contribution in [3.63, 3.8) is 0 Å². The number of rotatable bonds is 8. The number of hydrogen-bond acceptors (Lipinski definition) is 8. The Hall–Kier alpha value is -3.59. The SMILES string of the molecule is Nn1c(SCC(=O)Nc2cc(C(F)(F)F)ccc2N2CCOCC2)nnc1-c1ccc(OC(F)F)cc1. The van der Waals surface area contributed by atoms with Gasteiger partial charge in [-0.3, -0.25) is 4.79 Å². The first kappa shape index (κ1) is 26.5. The van der Waals surface area contributed by atoms with Gasteiger partial charge in [0.05, 0.1) is 35.9 Å². The number of carbonyl (C=O) groups is 1. The van der Waals surface area contributed by atoms with Gasteiger partial charge in [0.15, 0.2) is 5.82 Å². The first-order valence-corrected chi connectivity index (χ1v) is 11.8. The van der Waals surface area contributed by atoms with Crippen LogP contribution in [0.1, 0.15) is 5.56 Å². The first-order chi connectivity index (χ1) is 17.6. The van der Waals surface area contributed by atoms with E-state index in [4.69, 9.17) is 10.6 Å². The van der Waals surface area contributed by atoms with E-state index in [2.05, 4.69) is 20.3 Å². The highest BCUT2D eigenvalue weighted by molar-refractivity contribution is 7.99. The van der Waals surface area contributed by atoms with Gasteiger partial charge in [-0.05, 0) is 42.5 Å². The molecule has 4 rings (SSSR count). The zero-order valence-electron chi connectivity index (χ0n) is 19.0. The van der Waals surface area contributed by atoms with E-state index in [1.54, 1.807) is 0 Å². The number of nitrogens with two attached hydrogens (primary N) is 1. The van der Waals surface area contributed by atoms with E-state index < -0.39 is 24.3 Å². The molecule has 3 aromatic rings. The number of amides is 1. The lowest BCUT2D eigenvalue weighted by molar-refractivity contribution is -0.137. The third-order valence-electron chi connectivity index (χ3n) is 5.28. The maximum atomic E-state index is 13.3. The van der Waals surface area contributed by atoms with Gasteiger partial charge in [-0.25, -0.2) is 4.68 Å². The number of aromatic nitrogens is 3. The first-order valence-electron chi connectivity index (χ1n) is 10.8. The molecule has 1 fully saturated rings. The quantitative estimate of drug-likeness (QED) is 0.250. The fourth-order valence-corrected chi connectivity index (χ4v) is 4.22. The Balaban J connectivity index is 1.45. The maximum absolute atomic E-state index is 13.3. The highest BCUT2D eigenvalue weighted by atomic mass is 32.2. The van der Waals surface area contributed by atoms with Crippen LogP contribution in [0.5, 0.6) is 5.75 Å². The lowest BCUT2D eigenvalue weighted by Gasteiger charge is -2.31. The Morgan fingerprint density at radius 2 is 1.84 bits per heavy atom. The van der Waals surface area contributed by atoms with E-state index in [9.17, 15) is 26.7 Å². The van der Waals surface area contributed by atoms with Crippen LogP contribution in [0.25, 0.3) is 11.4 Å². The molecule has 1 aromatic heterocycles. The predicted molar refractivity (Wildman–Crippen MR) is 126 cm³/mol. The molecule has 37 heavy (non-hydrogen) atoms. The molecule has 1 aliphatic rings. The Morgan fingerprint density at radius 3 is 2.49 bits per heavy atom. The highest BCUT2D eigenvalue weighted by Crippen LogP contribution is 2.36. The van der Waals surface area contributed by atoms with Crippen molar-refractivity contribution in [2.45, 2.75) is 17.9 Å². The number of halogens is 5. The van der Waals surface area contributed by atoms with Crippen molar-refractivity contribution in [1.82, 2.24) is 14.9 Å². The fraction of sp³-hybridized carbons (Fsp3) is 0.318. The van der Waals surface area contributed by atoms with Gasteiger partial charge in [-0.2, -0.15) is 22.0 Å². The number of ether oxygens (including phenoxy) is 2. The van der Waals surface area contributed by atoms with E-state index in [1.165, 1.54) is 30.3 Å². The molecule has 0 aliphatic carbocycles. The monoisotopic (exact) mass is 544 g/mol. The summed E-state index contributed by atoms with van der Waals surface area (Å²) in [4.78, 5) is 14.5. The molecule has 0 unspecified atom stereocenters. The lowest BCUT2D eigenvalue weighted by atomic mass is 10.1. The summed E-state index contributed by atoms with van der Waals surface area (Å²) in [5, 5.41) is 10.6. The molecular weight excluding hydrogens is 523 g/mol. The largest absolute Gasteiger partial charge is 0.435 e. The Kier molecular flexibility index (Phi) is 8.02. The van der Waals surface area contributed by atoms with Gasteiger partial charge in [0.1, 0.15) is 5.75 Å². The number of nitrogens with zero attached hydrogens (tertiary/aromatic N) is 4. The van der Waals surface area contributed by atoms with E-state index in [0.717, 1.165) is 28.6 Å². The number of anilines is 2. The van der Waals surface area contributed by atoms with E-state index in [1.807, 2.05) is 4.90 Å². The van der Waals surface area contributed by atoms with Crippen molar-refractivity contribution in [3.05, 3.63) is 48.0 Å². The molecule has 9 nitrogen and oxygen atoms in total. The number of alkyl halides is 5. The summed E-state index contributed by atoms with van der Waals surface area (Å²) in [6.45, 7) is -1.19. The minimum atomic E-state index is -4.58. The minimum Gasteiger partial charge on any atom is -0.435 e. The summed E-state index contributed by atoms with van der Waals surface area (Å²) in [6, 6.07) is 8.77. The lowest BCUT2D eigenvalue weighted by Crippen LogP contribution is -2.37. The topological polar surface area (TPSA) is 108 Å². The van der Waals surface area contributed by atoms with E-state index in [-0.39, 0.29) is 28.2 Å². The maximum Gasteiger partial charge on any atom is 0.416 e. The Morgan fingerprint density at radius 1 is 1.14 bits per heavy atom. The zero-order valence-corrected chi connectivity index (χ0v) is 19.9. The second kappa shape index (κ2) is 11.2. The molecule has 1 aliphatic heterocycles. The summed E-state index contributed by atoms with van der Waals surface area (Å²) < 4.78 is 75.2. The molecule has 1 saturated heterocycles. The number of benzene rings is 2. The zero-order chi connectivity index (χ0) is 26.6. The number of nitrogen functional groups attached to an aromatic ring is 1. The number of carbonyl (C=O) groups excluding carboxylic acids is 1. The van der Waals surface area contributed by atoms with Crippen LogP contribution in [0, 0.1) is 0 Å². The van der Waals surface area contributed by atoms with Crippen LogP contribution in [-0.2, 0) is 15.7 Å². The normalized spacial score (nSPS) is 14.2. The average Bonchev–Trinajstić information content (AvgIpc) is 3.23. The van der Waals surface area contributed by atoms with Gasteiger partial charge in [0.2, 0.25) is 11.1 Å². The van der Waals surface area contributed by atoms with Crippen molar-refractivity contribution >= 4 is 29.0 Å². The van der Waals surface area contributed by atoms with E-state index >= 15 is 0 Å². The van der Waals surface area contributed by atoms with Gasteiger partial charge >= 0.3 is 12.8 Å². The molecule has 0 radical (unpaired) electrons. The van der Waals surface area contributed by atoms with Crippen molar-refractivity contribution in [3.8, 4) is 17.1 Å². The van der Waals surface area contributed by atoms with Gasteiger partial charge in [-0.1, -0.05) is 11.8 Å². The summed E-state index contributed by atoms with van der Waals surface area (Å²) in [5.41, 5.74) is 0.0670. The predicted octanol–water partition coefficient (Wildman–Crippen LogP) is 3.85. The van der Waals surface area contributed by atoms with Gasteiger partial charge in [0.25, 0.3) is 0 Å².